The van der Waals surface area contributed by atoms with Crippen LogP contribution in [0, 0.1) is 6.92 Å². The monoisotopic (exact) mass is 346 g/mol. The maximum atomic E-state index is 6.09. The third-order valence-corrected chi connectivity index (χ3v) is 4.44. The van der Waals surface area contributed by atoms with Gasteiger partial charge in [-0.2, -0.15) is 5.10 Å². The number of benzene rings is 1. The van der Waals surface area contributed by atoms with Crippen LogP contribution in [-0.4, -0.2) is 26.2 Å². The minimum absolute atomic E-state index is 0.000138. The van der Waals surface area contributed by atoms with Gasteiger partial charge in [-0.1, -0.05) is 42.5 Å². The van der Waals surface area contributed by atoms with Gasteiger partial charge >= 0.3 is 0 Å². The standard InChI is InChI=1S/C20H22N6/c1-13-11-19(26-25-13)24-20-16-9-8-15(21)12-17(16)22-18(23-20)10-7-14-5-3-2-4-6-14/h2-6,8-9,11,15H,7,10,12,21H2,1H3,(H2,22,23,24,25,26). The highest BCUT2D eigenvalue weighted by Gasteiger charge is 2.18. The molecule has 1 aliphatic rings. The second-order valence-corrected chi connectivity index (χ2v) is 6.62. The van der Waals surface area contributed by atoms with Crippen molar-refractivity contribution in [2.75, 3.05) is 5.32 Å². The number of fused-ring (bicyclic) bond motifs is 1. The molecule has 1 atom stereocenters. The highest BCUT2D eigenvalue weighted by molar-refractivity contribution is 5.70. The van der Waals surface area contributed by atoms with E-state index < -0.39 is 0 Å². The molecule has 0 spiro atoms. The third-order valence-electron chi connectivity index (χ3n) is 4.44. The topological polar surface area (TPSA) is 92.5 Å². The Kier molecular flexibility index (Phi) is 4.50. The van der Waals surface area contributed by atoms with E-state index in [-0.39, 0.29) is 6.04 Å². The molecule has 0 aliphatic heterocycles. The van der Waals surface area contributed by atoms with Crippen LogP contribution < -0.4 is 11.1 Å². The number of rotatable bonds is 5. The van der Waals surface area contributed by atoms with Gasteiger partial charge < -0.3 is 11.1 Å². The fraction of sp³-hybridized carbons (Fsp3) is 0.250. The van der Waals surface area contributed by atoms with Gasteiger partial charge in [0.25, 0.3) is 0 Å². The smallest absolute Gasteiger partial charge is 0.153 e. The van der Waals surface area contributed by atoms with Crippen molar-refractivity contribution in [3.63, 3.8) is 0 Å². The summed E-state index contributed by atoms with van der Waals surface area (Å²) in [5, 5.41) is 10.5. The first-order chi connectivity index (χ1) is 12.7. The van der Waals surface area contributed by atoms with Crippen molar-refractivity contribution in [3.05, 3.63) is 70.8 Å². The second-order valence-electron chi connectivity index (χ2n) is 6.62. The van der Waals surface area contributed by atoms with Gasteiger partial charge in [0, 0.05) is 36.2 Å². The molecular weight excluding hydrogens is 324 g/mol. The number of aryl methyl sites for hydroxylation is 3. The Morgan fingerprint density at radius 1 is 1.19 bits per heavy atom. The van der Waals surface area contributed by atoms with Crippen LogP contribution in [0.5, 0.6) is 0 Å². The van der Waals surface area contributed by atoms with E-state index in [0.29, 0.717) is 0 Å². The summed E-state index contributed by atoms with van der Waals surface area (Å²) in [6.45, 7) is 1.97. The molecule has 4 N–H and O–H groups in total. The maximum absolute atomic E-state index is 6.09. The number of nitrogens with two attached hydrogens (primary N) is 1. The van der Waals surface area contributed by atoms with Gasteiger partial charge in [-0.05, 0) is 18.9 Å². The number of aromatic amines is 1. The zero-order valence-electron chi connectivity index (χ0n) is 14.7. The van der Waals surface area contributed by atoms with Gasteiger partial charge in [0.1, 0.15) is 11.6 Å². The maximum Gasteiger partial charge on any atom is 0.153 e. The molecule has 0 fully saturated rings. The highest BCUT2D eigenvalue weighted by Crippen LogP contribution is 2.26. The van der Waals surface area contributed by atoms with Gasteiger partial charge in [0.2, 0.25) is 0 Å². The summed E-state index contributed by atoms with van der Waals surface area (Å²) in [4.78, 5) is 9.54. The lowest BCUT2D eigenvalue weighted by atomic mass is 9.99. The summed E-state index contributed by atoms with van der Waals surface area (Å²) in [6, 6.07) is 12.3. The molecule has 1 aliphatic carbocycles. The third kappa shape index (κ3) is 3.65. The number of anilines is 2. The van der Waals surface area contributed by atoms with E-state index in [0.717, 1.165) is 53.7 Å². The lowest BCUT2D eigenvalue weighted by Crippen LogP contribution is -2.24. The minimum Gasteiger partial charge on any atom is -0.324 e. The summed E-state index contributed by atoms with van der Waals surface area (Å²) in [6.07, 6.45) is 6.41. The average molecular weight is 346 g/mol. The Balaban J connectivity index is 1.63. The van der Waals surface area contributed by atoms with Crippen molar-refractivity contribution < 1.29 is 0 Å². The highest BCUT2D eigenvalue weighted by atomic mass is 15.2. The van der Waals surface area contributed by atoms with Crippen LogP contribution in [0.25, 0.3) is 6.08 Å². The molecule has 26 heavy (non-hydrogen) atoms. The van der Waals surface area contributed by atoms with E-state index in [1.807, 2.05) is 31.2 Å². The quantitative estimate of drug-likeness (QED) is 0.660. The lowest BCUT2D eigenvalue weighted by molar-refractivity contribution is 0.751. The van der Waals surface area contributed by atoms with Crippen LogP contribution in [0.4, 0.5) is 11.6 Å². The molecule has 2 aromatic heterocycles. The number of hydrogen-bond donors (Lipinski definition) is 3. The van der Waals surface area contributed by atoms with Gasteiger partial charge in [-0.3, -0.25) is 5.10 Å². The van der Waals surface area contributed by atoms with E-state index in [1.165, 1.54) is 5.56 Å². The zero-order chi connectivity index (χ0) is 17.9. The molecule has 6 heteroatoms. The molecule has 0 amide bonds. The first kappa shape index (κ1) is 16.5. The number of hydrogen-bond acceptors (Lipinski definition) is 5. The summed E-state index contributed by atoms with van der Waals surface area (Å²) >= 11 is 0. The normalized spacial score (nSPS) is 15.7. The Labute approximate surface area is 152 Å². The zero-order valence-corrected chi connectivity index (χ0v) is 14.7. The number of nitrogens with zero attached hydrogens (tertiary/aromatic N) is 3. The van der Waals surface area contributed by atoms with E-state index in [2.05, 4.69) is 39.8 Å². The van der Waals surface area contributed by atoms with Crippen molar-refractivity contribution >= 4 is 17.7 Å². The van der Waals surface area contributed by atoms with Crippen molar-refractivity contribution in [1.29, 1.82) is 0 Å². The van der Waals surface area contributed by atoms with Gasteiger partial charge in [0.15, 0.2) is 5.82 Å². The SMILES string of the molecule is Cc1cc(Nc2nc(CCc3ccccc3)nc3c2C=CC(N)C3)n[nH]1. The molecule has 2 heterocycles. The predicted octanol–water partition coefficient (Wildman–Crippen LogP) is 2.93. The Morgan fingerprint density at radius 2 is 2.04 bits per heavy atom. The molecule has 3 aromatic rings. The predicted molar refractivity (Wildman–Crippen MR) is 103 cm³/mol. The Bertz CT molecular complexity index is 929. The molecule has 1 unspecified atom stereocenters. The minimum atomic E-state index is -0.000138. The van der Waals surface area contributed by atoms with Crippen molar-refractivity contribution in [2.45, 2.75) is 32.2 Å². The first-order valence-corrected chi connectivity index (χ1v) is 8.84. The summed E-state index contributed by atoms with van der Waals surface area (Å²) < 4.78 is 0. The van der Waals surface area contributed by atoms with E-state index in [4.69, 9.17) is 15.7 Å². The van der Waals surface area contributed by atoms with E-state index >= 15 is 0 Å². The van der Waals surface area contributed by atoms with Gasteiger partial charge in [-0.15, -0.1) is 0 Å². The molecule has 6 nitrogen and oxygen atoms in total. The van der Waals surface area contributed by atoms with Gasteiger partial charge in [-0.25, -0.2) is 9.97 Å². The Hall–Kier alpha value is -2.99. The van der Waals surface area contributed by atoms with Crippen LogP contribution in [0.3, 0.4) is 0 Å². The van der Waals surface area contributed by atoms with Crippen molar-refractivity contribution in [2.24, 2.45) is 5.73 Å². The molecule has 132 valence electrons. The Morgan fingerprint density at radius 3 is 2.81 bits per heavy atom. The summed E-state index contributed by atoms with van der Waals surface area (Å²) in [5.74, 6) is 2.36. The largest absolute Gasteiger partial charge is 0.324 e. The first-order valence-electron chi connectivity index (χ1n) is 8.84. The van der Waals surface area contributed by atoms with Gasteiger partial charge in [0.05, 0.1) is 5.69 Å². The van der Waals surface area contributed by atoms with Crippen LogP contribution in [0.2, 0.25) is 0 Å². The van der Waals surface area contributed by atoms with E-state index in [9.17, 15) is 0 Å². The van der Waals surface area contributed by atoms with Crippen LogP contribution in [0.15, 0.2) is 42.5 Å². The van der Waals surface area contributed by atoms with Crippen molar-refractivity contribution in [3.8, 4) is 0 Å². The molecule has 1 aromatic carbocycles. The molecule has 0 radical (unpaired) electrons. The molecule has 0 saturated heterocycles. The fourth-order valence-corrected chi connectivity index (χ4v) is 3.12. The number of nitrogens with one attached hydrogen (secondary N) is 2. The van der Waals surface area contributed by atoms with Crippen LogP contribution in [0.1, 0.15) is 28.3 Å². The fourth-order valence-electron chi connectivity index (χ4n) is 3.12. The molecule has 0 saturated carbocycles. The summed E-state index contributed by atoms with van der Waals surface area (Å²) in [5.41, 5.74) is 10.4. The van der Waals surface area contributed by atoms with E-state index in [1.54, 1.807) is 0 Å². The molecule has 4 rings (SSSR count). The summed E-state index contributed by atoms with van der Waals surface area (Å²) in [7, 11) is 0. The molecule has 0 bridgehead atoms. The van der Waals surface area contributed by atoms with Crippen molar-refractivity contribution in [1.82, 2.24) is 20.2 Å². The average Bonchev–Trinajstić information content (AvgIpc) is 3.05. The lowest BCUT2D eigenvalue weighted by Gasteiger charge is -2.19. The van der Waals surface area contributed by atoms with Crippen LogP contribution >= 0.6 is 0 Å². The number of H-pyrrole nitrogens is 1. The molecular formula is C20H22N6. The van der Waals surface area contributed by atoms with Crippen LogP contribution in [-0.2, 0) is 19.3 Å². The number of aromatic nitrogens is 4. The second kappa shape index (κ2) is 7.09.